The van der Waals surface area contributed by atoms with Gasteiger partial charge in [0.1, 0.15) is 40.5 Å². The Kier molecular flexibility index (Phi) is 8.53. The number of aromatic nitrogens is 8. The van der Waals surface area contributed by atoms with Gasteiger partial charge in [0.05, 0.1) is 42.9 Å². The van der Waals surface area contributed by atoms with E-state index in [0.717, 1.165) is 48.5 Å². The predicted molar refractivity (Wildman–Crippen MR) is 186 cm³/mol. The van der Waals surface area contributed by atoms with Gasteiger partial charge in [-0.3, -0.25) is 0 Å². The maximum atomic E-state index is 12.0. The molecule has 0 unspecified atom stereocenters. The minimum atomic E-state index is -5.02. The number of fused-ring (bicyclic) bond motifs is 20. The maximum absolute atomic E-state index is 12.0. The molecule has 3 aromatic heterocycles. The molecule has 0 spiro atoms. The molecule has 0 fully saturated rings. The first kappa shape index (κ1) is 38.3. The van der Waals surface area contributed by atoms with E-state index in [9.17, 15) is 51.9 Å². The second-order valence-corrected chi connectivity index (χ2v) is 17.6. The van der Waals surface area contributed by atoms with Crippen LogP contribution in [-0.4, -0.2) is 81.8 Å². The van der Waals surface area contributed by atoms with E-state index in [1.165, 1.54) is 24.3 Å². The van der Waals surface area contributed by atoms with Crippen molar-refractivity contribution >= 4 is 84.6 Å². The van der Waals surface area contributed by atoms with Crippen LogP contribution in [0.15, 0.2) is 92.4 Å². The van der Waals surface area contributed by atoms with Gasteiger partial charge in [0, 0.05) is 44.8 Å². The van der Waals surface area contributed by atoms with Crippen molar-refractivity contribution in [3.05, 3.63) is 72.8 Å². The Morgan fingerprint density at radius 2 is 0.632 bits per heavy atom. The van der Waals surface area contributed by atoms with Crippen molar-refractivity contribution in [1.29, 1.82) is 0 Å². The minimum absolute atomic E-state index is 0. The predicted octanol–water partition coefficient (Wildman–Crippen LogP) is 1.74. The van der Waals surface area contributed by atoms with Crippen LogP contribution in [0.1, 0.15) is 0 Å². The Hall–Kier alpha value is -5.60. The van der Waals surface area contributed by atoms with Crippen molar-refractivity contribution in [1.82, 2.24) is 39.9 Å². The quantitative estimate of drug-likeness (QED) is 0.179. The van der Waals surface area contributed by atoms with Gasteiger partial charge in [-0.15, -0.1) is 0 Å². The number of hydrogen-bond donors (Lipinski definition) is 0. The van der Waals surface area contributed by atoms with Crippen LogP contribution in [0.3, 0.4) is 0 Å². The van der Waals surface area contributed by atoms with Gasteiger partial charge >= 0.3 is 17.1 Å². The number of nitrogens with zero attached hydrogens (tertiary/aromatic N) is 8. The number of benzene rings is 4. The summed E-state index contributed by atoms with van der Waals surface area (Å²) in [6, 6.07) is 12.8. The molecule has 0 N–H and O–H groups in total. The minimum Gasteiger partial charge on any atom is -0.744 e. The van der Waals surface area contributed by atoms with Crippen molar-refractivity contribution in [3.63, 3.8) is 0 Å². The second-order valence-electron chi connectivity index (χ2n) is 12.1. The summed E-state index contributed by atoms with van der Waals surface area (Å²) in [7, 11) is -20.1. The molecule has 9 rings (SSSR count). The molecule has 20 nitrogen and oxygen atoms in total. The molecule has 25 heteroatoms. The van der Waals surface area contributed by atoms with Gasteiger partial charge in [-0.05, 0) is 70.1 Å². The van der Waals surface area contributed by atoms with Gasteiger partial charge in [-0.25, -0.2) is 43.6 Å². The van der Waals surface area contributed by atoms with Crippen molar-refractivity contribution in [2.75, 3.05) is 0 Å². The SMILES string of the molecule is O=S(=O)([O-])c1ccc2c(c1)-c1nc-2nc2[n-]c(nc3nc(nc4[n-]c(n1)c1ccc(S(=O)(=O)[O-])cc41)-c1ccc(S(=O)(=O)[O-])cc1-3)c1ccc(S(=O)(=O)[O-])cc21.[Cu+2]. The van der Waals surface area contributed by atoms with E-state index in [4.69, 9.17) is 0 Å². The fourth-order valence-electron chi connectivity index (χ4n) is 6.20. The van der Waals surface area contributed by atoms with Gasteiger partial charge < -0.3 is 48.1 Å². The molecule has 4 aromatic carbocycles. The largest absolute Gasteiger partial charge is 2.00 e. The Labute approximate surface area is 329 Å². The molecule has 8 bridgehead atoms. The molecular weight excluding hydrogens is 880 g/mol. The van der Waals surface area contributed by atoms with E-state index in [-0.39, 0.29) is 107 Å². The van der Waals surface area contributed by atoms with Gasteiger partial charge in [0.25, 0.3) is 0 Å². The van der Waals surface area contributed by atoms with Crippen LogP contribution in [0.25, 0.3) is 89.7 Å². The smallest absolute Gasteiger partial charge is 0.744 e. The zero-order chi connectivity index (χ0) is 39.7. The molecule has 5 heterocycles. The monoisotopic (exact) mass is 891 g/mol. The van der Waals surface area contributed by atoms with E-state index in [1.54, 1.807) is 0 Å². The molecule has 0 saturated carbocycles. The zero-order valence-electron chi connectivity index (χ0n) is 27.3. The first-order valence-electron chi connectivity index (χ1n) is 15.3. The van der Waals surface area contributed by atoms with Crippen LogP contribution in [0.4, 0.5) is 0 Å². The third-order valence-electron chi connectivity index (χ3n) is 8.74. The molecule has 1 radical (unpaired) electrons. The van der Waals surface area contributed by atoms with Crippen LogP contribution in [0.5, 0.6) is 0 Å². The van der Waals surface area contributed by atoms with E-state index in [2.05, 4.69) is 39.9 Å². The summed E-state index contributed by atoms with van der Waals surface area (Å²) in [5.74, 6) is -0.882. The third-order valence-corrected chi connectivity index (χ3v) is 12.1. The van der Waals surface area contributed by atoms with Crippen LogP contribution >= 0.6 is 0 Å². The second kappa shape index (κ2) is 12.7. The Balaban J connectivity index is 0.00000455. The van der Waals surface area contributed by atoms with E-state index in [0.29, 0.717) is 0 Å². The van der Waals surface area contributed by atoms with Crippen molar-refractivity contribution in [2.24, 2.45) is 0 Å². The summed E-state index contributed by atoms with van der Waals surface area (Å²) in [6.45, 7) is 0. The molecule has 0 amide bonds. The van der Waals surface area contributed by atoms with Crippen LogP contribution in [-0.2, 0) is 57.5 Å². The summed E-state index contributed by atoms with van der Waals surface area (Å²) in [5.41, 5.74) is -0.712. The first-order chi connectivity index (χ1) is 26.2. The Morgan fingerprint density at radius 3 is 0.965 bits per heavy atom. The van der Waals surface area contributed by atoms with Gasteiger partial charge in [0.2, 0.25) is 0 Å². The molecule has 7 aromatic rings. The average Bonchev–Trinajstić information content (AvgIpc) is 3.84. The standard InChI is InChI=1S/C32H16N8O12S4.Cu/c41-53(42,43)13-1-5-17-21(9-13)29-33-25(17)37-30-22-10-14(54(44,45)46)2-6-18(22)27(34-30)39-32-24-12-16(56(50,51)52)4-8-20(24)28(36-32)40-31-23-11-15(55(47,48)49)3-7-19(23)26(35-31)38-29;/h1-12H,(H4-2,33,34,35,36,37,38,39,40,41,42,43,44,45,46,47,48,49,50,51,52);/q-2;+2/p-4. The molecule has 0 saturated heterocycles. The normalized spacial score (nSPS) is 13.0. The molecule has 2 aliphatic rings. The van der Waals surface area contributed by atoms with Crippen molar-refractivity contribution in [3.8, 4) is 45.6 Å². The van der Waals surface area contributed by atoms with E-state index < -0.39 is 60.1 Å². The van der Waals surface area contributed by atoms with E-state index in [1.807, 2.05) is 0 Å². The van der Waals surface area contributed by atoms with Gasteiger partial charge in [-0.1, -0.05) is 24.3 Å². The fraction of sp³-hybridized carbons (Fsp3) is 0. The number of rotatable bonds is 4. The fourth-order valence-corrected chi connectivity index (χ4v) is 8.19. The molecule has 2 aliphatic heterocycles. The summed E-state index contributed by atoms with van der Waals surface area (Å²) in [5, 5.41) is 0.169. The van der Waals surface area contributed by atoms with Crippen LogP contribution in [0, 0.1) is 0 Å². The average molecular weight is 892 g/mol. The topological polar surface area (TPSA) is 334 Å². The maximum Gasteiger partial charge on any atom is 2.00 e. The summed E-state index contributed by atoms with van der Waals surface area (Å²) in [4.78, 5) is 33.2. The number of hydrogen-bond acceptors (Lipinski definition) is 18. The molecule has 291 valence electrons. The van der Waals surface area contributed by atoms with E-state index >= 15 is 0 Å². The van der Waals surface area contributed by atoms with Crippen molar-refractivity contribution < 1.29 is 69.0 Å². The van der Waals surface area contributed by atoms with Crippen LogP contribution in [0.2, 0.25) is 0 Å². The zero-order valence-corrected chi connectivity index (χ0v) is 31.5. The summed E-state index contributed by atoms with van der Waals surface area (Å²) >= 11 is 0. The molecule has 0 atom stereocenters. The van der Waals surface area contributed by atoms with Gasteiger partial charge in [-0.2, -0.15) is 0 Å². The molecular formula is C32H12CuN8O12S4-4. The summed E-state index contributed by atoms with van der Waals surface area (Å²) < 4.78 is 145. The van der Waals surface area contributed by atoms with Crippen molar-refractivity contribution in [2.45, 2.75) is 19.6 Å². The molecule has 57 heavy (non-hydrogen) atoms. The van der Waals surface area contributed by atoms with Gasteiger partial charge in [0.15, 0.2) is 0 Å². The first-order valence-corrected chi connectivity index (χ1v) is 21.0. The van der Waals surface area contributed by atoms with Crippen LogP contribution < -0.4 is 9.97 Å². The Morgan fingerprint density at radius 1 is 0.351 bits per heavy atom. The third kappa shape index (κ3) is 6.54. The summed E-state index contributed by atoms with van der Waals surface area (Å²) in [6.07, 6.45) is 0. The Bertz CT molecular complexity index is 3380. The molecule has 0 aliphatic carbocycles.